The molecule has 112 valence electrons. The van der Waals surface area contributed by atoms with Gasteiger partial charge in [0.15, 0.2) is 0 Å². The summed E-state index contributed by atoms with van der Waals surface area (Å²) < 4.78 is 1.03. The first-order chi connectivity index (χ1) is 10.5. The number of aryl methyl sites for hydroxylation is 3. The average molecular weight is 357 g/mol. The van der Waals surface area contributed by atoms with Crippen LogP contribution in [0, 0.1) is 20.8 Å². The van der Waals surface area contributed by atoms with Crippen LogP contribution in [0.4, 0.5) is 5.69 Å². The highest BCUT2D eigenvalue weighted by Crippen LogP contribution is 2.24. The molecule has 0 aliphatic heterocycles. The van der Waals surface area contributed by atoms with E-state index in [1.165, 1.54) is 5.56 Å². The van der Waals surface area contributed by atoms with Crippen molar-refractivity contribution < 1.29 is 4.79 Å². The van der Waals surface area contributed by atoms with Crippen molar-refractivity contribution in [3.63, 3.8) is 0 Å². The highest BCUT2D eigenvalue weighted by Gasteiger charge is 2.15. The van der Waals surface area contributed by atoms with E-state index in [1.807, 2.05) is 44.2 Å². The number of carbonyl (C=O) groups excluding carboxylic acids is 1. The molecule has 3 rings (SSSR count). The summed E-state index contributed by atoms with van der Waals surface area (Å²) in [4.78, 5) is 15.7. The molecule has 3 nitrogen and oxygen atoms in total. The van der Waals surface area contributed by atoms with Crippen LogP contribution in [0.3, 0.4) is 0 Å². The Balaban J connectivity index is 1.95. The molecule has 2 N–H and O–H groups in total. The predicted octanol–water partition coefficient (Wildman–Crippen LogP) is 5.11. The van der Waals surface area contributed by atoms with Crippen LogP contribution < -0.4 is 5.32 Å². The normalized spacial score (nSPS) is 10.9. The van der Waals surface area contributed by atoms with Crippen molar-refractivity contribution in [2.75, 3.05) is 5.32 Å². The lowest BCUT2D eigenvalue weighted by Crippen LogP contribution is -2.13. The van der Waals surface area contributed by atoms with Crippen LogP contribution in [0.1, 0.15) is 27.2 Å². The monoisotopic (exact) mass is 356 g/mol. The first-order valence-corrected chi connectivity index (χ1v) is 7.91. The molecule has 0 saturated heterocycles. The van der Waals surface area contributed by atoms with E-state index < -0.39 is 0 Å². The first kappa shape index (κ1) is 14.9. The molecule has 1 heterocycles. The summed E-state index contributed by atoms with van der Waals surface area (Å²) in [5.41, 5.74) is 5.64. The standard InChI is InChI=1S/C18H17BrN2O/c1-10-4-7-16-14(8-10)12(3)17(21-16)18(22)20-13-5-6-15(19)11(2)9-13/h4-9,21H,1-3H3,(H,20,22). The van der Waals surface area contributed by atoms with Gasteiger partial charge in [-0.05, 0) is 62.2 Å². The molecule has 0 bridgehead atoms. The molecule has 0 saturated carbocycles. The zero-order valence-corrected chi connectivity index (χ0v) is 14.3. The molecular weight excluding hydrogens is 340 g/mol. The Kier molecular flexibility index (Phi) is 3.79. The Hall–Kier alpha value is -2.07. The maximum atomic E-state index is 12.5. The van der Waals surface area contributed by atoms with Gasteiger partial charge in [-0.1, -0.05) is 27.6 Å². The van der Waals surface area contributed by atoms with Gasteiger partial charge in [-0.2, -0.15) is 0 Å². The van der Waals surface area contributed by atoms with Gasteiger partial charge in [0.2, 0.25) is 0 Å². The number of hydrogen-bond acceptors (Lipinski definition) is 1. The van der Waals surface area contributed by atoms with E-state index >= 15 is 0 Å². The van der Waals surface area contributed by atoms with Crippen LogP contribution in [0.15, 0.2) is 40.9 Å². The molecule has 0 aliphatic rings. The van der Waals surface area contributed by atoms with Gasteiger partial charge in [0, 0.05) is 21.1 Å². The highest BCUT2D eigenvalue weighted by atomic mass is 79.9. The Morgan fingerprint density at radius 1 is 1.09 bits per heavy atom. The Morgan fingerprint density at radius 3 is 2.59 bits per heavy atom. The molecule has 3 aromatic rings. The zero-order valence-electron chi connectivity index (χ0n) is 12.8. The molecule has 22 heavy (non-hydrogen) atoms. The summed E-state index contributed by atoms with van der Waals surface area (Å²) in [5.74, 6) is -0.118. The summed E-state index contributed by atoms with van der Waals surface area (Å²) in [6, 6.07) is 11.9. The lowest BCUT2D eigenvalue weighted by Gasteiger charge is -2.07. The van der Waals surface area contributed by atoms with E-state index in [4.69, 9.17) is 0 Å². The number of anilines is 1. The molecule has 0 atom stereocenters. The summed E-state index contributed by atoms with van der Waals surface area (Å²) in [6.45, 7) is 6.02. The number of aromatic nitrogens is 1. The first-order valence-electron chi connectivity index (χ1n) is 7.12. The largest absolute Gasteiger partial charge is 0.350 e. The van der Waals surface area contributed by atoms with Gasteiger partial charge in [0.05, 0.1) is 0 Å². The molecule has 0 unspecified atom stereocenters. The van der Waals surface area contributed by atoms with Crippen molar-refractivity contribution in [3.05, 3.63) is 63.3 Å². The van der Waals surface area contributed by atoms with Crippen LogP contribution in [0.5, 0.6) is 0 Å². The van der Waals surface area contributed by atoms with Crippen LogP contribution >= 0.6 is 15.9 Å². The van der Waals surface area contributed by atoms with E-state index in [1.54, 1.807) is 0 Å². The number of benzene rings is 2. The van der Waals surface area contributed by atoms with Gasteiger partial charge in [-0.25, -0.2) is 0 Å². The summed E-state index contributed by atoms with van der Waals surface area (Å²) in [5, 5.41) is 4.05. The lowest BCUT2D eigenvalue weighted by molar-refractivity contribution is 0.102. The Labute approximate surface area is 137 Å². The number of rotatable bonds is 2. The number of carbonyl (C=O) groups is 1. The van der Waals surface area contributed by atoms with Crippen molar-refractivity contribution >= 4 is 38.4 Å². The minimum absolute atomic E-state index is 0.118. The number of aromatic amines is 1. The second-order valence-electron chi connectivity index (χ2n) is 5.59. The van der Waals surface area contributed by atoms with E-state index in [9.17, 15) is 4.79 Å². The number of nitrogens with one attached hydrogen (secondary N) is 2. The number of H-pyrrole nitrogens is 1. The van der Waals surface area contributed by atoms with Crippen LogP contribution in [-0.4, -0.2) is 10.9 Å². The number of hydrogen-bond donors (Lipinski definition) is 2. The fourth-order valence-electron chi connectivity index (χ4n) is 2.58. The van der Waals surface area contributed by atoms with E-state index in [-0.39, 0.29) is 5.91 Å². The third-order valence-corrected chi connectivity index (χ3v) is 4.75. The number of amides is 1. The van der Waals surface area contributed by atoms with Crippen molar-refractivity contribution in [3.8, 4) is 0 Å². The van der Waals surface area contributed by atoms with Crippen LogP contribution in [0.25, 0.3) is 10.9 Å². The smallest absolute Gasteiger partial charge is 0.272 e. The molecule has 0 radical (unpaired) electrons. The molecule has 1 amide bonds. The Bertz CT molecular complexity index is 880. The average Bonchev–Trinajstić information content (AvgIpc) is 2.80. The number of halogens is 1. The topological polar surface area (TPSA) is 44.9 Å². The fraction of sp³-hybridized carbons (Fsp3) is 0.167. The maximum absolute atomic E-state index is 12.5. The van der Waals surface area contributed by atoms with Gasteiger partial charge in [-0.15, -0.1) is 0 Å². The highest BCUT2D eigenvalue weighted by molar-refractivity contribution is 9.10. The molecule has 1 aromatic heterocycles. The van der Waals surface area contributed by atoms with Crippen molar-refractivity contribution in [1.82, 2.24) is 4.98 Å². The molecule has 0 spiro atoms. The van der Waals surface area contributed by atoms with Crippen LogP contribution in [-0.2, 0) is 0 Å². The summed E-state index contributed by atoms with van der Waals surface area (Å²) in [7, 11) is 0. The van der Waals surface area contributed by atoms with E-state index in [0.29, 0.717) is 5.69 Å². The minimum atomic E-state index is -0.118. The molecular formula is C18H17BrN2O. The third-order valence-electron chi connectivity index (χ3n) is 3.86. The molecule has 2 aromatic carbocycles. The third kappa shape index (κ3) is 2.66. The van der Waals surface area contributed by atoms with Crippen molar-refractivity contribution in [2.45, 2.75) is 20.8 Å². The molecule has 0 aliphatic carbocycles. The van der Waals surface area contributed by atoms with Crippen LogP contribution in [0.2, 0.25) is 0 Å². The molecule has 0 fully saturated rings. The lowest BCUT2D eigenvalue weighted by atomic mass is 10.1. The Morgan fingerprint density at radius 2 is 1.86 bits per heavy atom. The van der Waals surface area contributed by atoms with Gasteiger partial charge < -0.3 is 10.3 Å². The minimum Gasteiger partial charge on any atom is -0.350 e. The predicted molar refractivity (Wildman–Crippen MR) is 94.6 cm³/mol. The van der Waals surface area contributed by atoms with Crippen molar-refractivity contribution in [2.24, 2.45) is 0 Å². The quantitative estimate of drug-likeness (QED) is 0.658. The molecule has 4 heteroatoms. The van der Waals surface area contributed by atoms with Gasteiger partial charge >= 0.3 is 0 Å². The van der Waals surface area contributed by atoms with Gasteiger partial charge in [0.25, 0.3) is 5.91 Å². The maximum Gasteiger partial charge on any atom is 0.272 e. The van der Waals surface area contributed by atoms with E-state index in [2.05, 4.69) is 39.2 Å². The number of fused-ring (bicyclic) bond motifs is 1. The summed E-state index contributed by atoms with van der Waals surface area (Å²) in [6.07, 6.45) is 0. The van der Waals surface area contributed by atoms with Gasteiger partial charge in [0.1, 0.15) is 5.69 Å². The van der Waals surface area contributed by atoms with E-state index in [0.717, 1.165) is 32.2 Å². The van der Waals surface area contributed by atoms with Crippen molar-refractivity contribution in [1.29, 1.82) is 0 Å². The second kappa shape index (κ2) is 5.61. The second-order valence-corrected chi connectivity index (χ2v) is 6.45. The fourth-order valence-corrected chi connectivity index (χ4v) is 2.83. The van der Waals surface area contributed by atoms with Gasteiger partial charge in [-0.3, -0.25) is 4.79 Å². The zero-order chi connectivity index (χ0) is 15.9. The summed E-state index contributed by atoms with van der Waals surface area (Å²) >= 11 is 3.46. The SMILES string of the molecule is Cc1ccc2[nH]c(C(=O)Nc3ccc(Br)c(C)c3)c(C)c2c1.